The standard InChI is InChI=1S/C21H23N3O4S/c1-2-15-7-6-8-16(13-15)23-29(26,27)17-9-10-19-18(14-17)20(22-28-19)21(25)24-11-4-3-5-12-24/h6-10,13-14,23H,2-5,11-12H2,1H3. The number of carbonyl (C=O) groups excluding carboxylic acids is 1. The lowest BCUT2D eigenvalue weighted by atomic mass is 10.1. The van der Waals surface area contributed by atoms with Crippen molar-refractivity contribution in [2.45, 2.75) is 37.5 Å². The minimum Gasteiger partial charge on any atom is -0.355 e. The van der Waals surface area contributed by atoms with Crippen molar-refractivity contribution in [1.29, 1.82) is 0 Å². The lowest BCUT2D eigenvalue weighted by molar-refractivity contribution is 0.0716. The average Bonchev–Trinajstić information content (AvgIpc) is 3.17. The van der Waals surface area contributed by atoms with Crippen LogP contribution in [0.4, 0.5) is 5.69 Å². The van der Waals surface area contributed by atoms with E-state index >= 15 is 0 Å². The van der Waals surface area contributed by atoms with Crippen molar-refractivity contribution in [2.75, 3.05) is 17.8 Å². The molecule has 1 saturated heterocycles. The van der Waals surface area contributed by atoms with Crippen LogP contribution in [0.3, 0.4) is 0 Å². The number of anilines is 1. The van der Waals surface area contributed by atoms with Gasteiger partial charge in [-0.3, -0.25) is 9.52 Å². The number of carbonyl (C=O) groups is 1. The van der Waals surface area contributed by atoms with Crippen LogP contribution in [0.2, 0.25) is 0 Å². The van der Waals surface area contributed by atoms with E-state index in [0.29, 0.717) is 29.7 Å². The molecule has 0 saturated carbocycles. The van der Waals surface area contributed by atoms with E-state index in [4.69, 9.17) is 4.52 Å². The van der Waals surface area contributed by atoms with E-state index in [1.54, 1.807) is 17.0 Å². The van der Waals surface area contributed by atoms with Crippen LogP contribution in [-0.2, 0) is 16.4 Å². The number of amides is 1. The lowest BCUT2D eigenvalue weighted by Crippen LogP contribution is -2.35. The number of benzene rings is 2. The molecule has 0 bridgehead atoms. The van der Waals surface area contributed by atoms with E-state index in [2.05, 4.69) is 9.88 Å². The molecule has 0 spiro atoms. The zero-order valence-electron chi connectivity index (χ0n) is 16.2. The number of aryl methyl sites for hydroxylation is 1. The number of likely N-dealkylation sites (tertiary alicyclic amines) is 1. The summed E-state index contributed by atoms with van der Waals surface area (Å²) in [7, 11) is -3.82. The fraction of sp³-hybridized carbons (Fsp3) is 0.333. The van der Waals surface area contributed by atoms with Gasteiger partial charge < -0.3 is 9.42 Å². The molecule has 3 aromatic rings. The van der Waals surface area contributed by atoms with Gasteiger partial charge in [0.15, 0.2) is 11.3 Å². The zero-order chi connectivity index (χ0) is 20.4. The topological polar surface area (TPSA) is 92.5 Å². The number of sulfonamides is 1. The van der Waals surface area contributed by atoms with E-state index in [1.165, 1.54) is 18.2 Å². The molecular formula is C21H23N3O4S. The minimum atomic E-state index is -3.82. The summed E-state index contributed by atoms with van der Waals surface area (Å²) in [5.41, 5.74) is 2.08. The third kappa shape index (κ3) is 3.98. The van der Waals surface area contributed by atoms with Crippen LogP contribution in [-0.4, -0.2) is 37.5 Å². The van der Waals surface area contributed by atoms with Gasteiger partial charge in [-0.05, 0) is 61.6 Å². The molecule has 1 aliphatic rings. The van der Waals surface area contributed by atoms with Crippen molar-refractivity contribution >= 4 is 32.6 Å². The lowest BCUT2D eigenvalue weighted by Gasteiger charge is -2.25. The van der Waals surface area contributed by atoms with E-state index < -0.39 is 10.0 Å². The van der Waals surface area contributed by atoms with Crippen molar-refractivity contribution in [3.05, 3.63) is 53.7 Å². The molecular weight excluding hydrogens is 390 g/mol. The Morgan fingerprint density at radius 1 is 1.14 bits per heavy atom. The first-order chi connectivity index (χ1) is 14.0. The number of fused-ring (bicyclic) bond motifs is 1. The largest absolute Gasteiger partial charge is 0.355 e. The summed E-state index contributed by atoms with van der Waals surface area (Å²) in [5, 5.41) is 4.33. The molecule has 7 nitrogen and oxygen atoms in total. The highest BCUT2D eigenvalue weighted by Gasteiger charge is 2.25. The maximum Gasteiger partial charge on any atom is 0.276 e. The van der Waals surface area contributed by atoms with Crippen LogP contribution in [0.25, 0.3) is 11.0 Å². The molecule has 1 aromatic heterocycles. The van der Waals surface area contributed by atoms with Gasteiger partial charge in [-0.25, -0.2) is 8.42 Å². The second-order valence-electron chi connectivity index (χ2n) is 7.20. The number of rotatable bonds is 5. The van der Waals surface area contributed by atoms with Crippen LogP contribution >= 0.6 is 0 Å². The zero-order valence-corrected chi connectivity index (χ0v) is 17.0. The second kappa shape index (κ2) is 7.87. The molecule has 152 valence electrons. The number of piperidine rings is 1. The first kappa shape index (κ1) is 19.4. The van der Waals surface area contributed by atoms with Crippen molar-refractivity contribution in [1.82, 2.24) is 10.1 Å². The molecule has 1 fully saturated rings. The number of hydrogen-bond donors (Lipinski definition) is 1. The fourth-order valence-corrected chi connectivity index (χ4v) is 4.63. The van der Waals surface area contributed by atoms with E-state index in [-0.39, 0.29) is 16.5 Å². The van der Waals surface area contributed by atoms with E-state index in [1.807, 2.05) is 19.1 Å². The smallest absolute Gasteiger partial charge is 0.276 e. The predicted molar refractivity (Wildman–Crippen MR) is 110 cm³/mol. The van der Waals surface area contributed by atoms with Gasteiger partial charge in [-0.15, -0.1) is 0 Å². The Kier molecular flexibility index (Phi) is 5.27. The Labute approximate surface area is 169 Å². The minimum absolute atomic E-state index is 0.0581. The molecule has 8 heteroatoms. The highest BCUT2D eigenvalue weighted by atomic mass is 32.2. The molecule has 0 atom stereocenters. The summed E-state index contributed by atoms with van der Waals surface area (Å²) in [6.07, 6.45) is 3.84. The number of hydrogen-bond acceptors (Lipinski definition) is 5. The number of aromatic nitrogens is 1. The first-order valence-corrected chi connectivity index (χ1v) is 11.3. The predicted octanol–water partition coefficient (Wildman–Crippen LogP) is 3.82. The van der Waals surface area contributed by atoms with Crippen LogP contribution in [0, 0.1) is 0 Å². The Morgan fingerprint density at radius 3 is 2.69 bits per heavy atom. The molecule has 1 amide bonds. The highest BCUT2D eigenvalue weighted by molar-refractivity contribution is 7.92. The molecule has 1 aliphatic heterocycles. The van der Waals surface area contributed by atoms with Gasteiger partial charge >= 0.3 is 0 Å². The summed E-state index contributed by atoms with van der Waals surface area (Å²) < 4.78 is 33.7. The third-order valence-corrected chi connectivity index (χ3v) is 6.56. The van der Waals surface area contributed by atoms with Gasteiger partial charge in [0.2, 0.25) is 0 Å². The van der Waals surface area contributed by atoms with Gasteiger partial charge in [0.05, 0.1) is 10.3 Å². The summed E-state index contributed by atoms with van der Waals surface area (Å²) in [6.45, 7) is 3.37. The molecule has 2 heterocycles. The summed E-state index contributed by atoms with van der Waals surface area (Å²) in [6, 6.07) is 11.7. The molecule has 4 rings (SSSR count). The van der Waals surface area contributed by atoms with Crippen molar-refractivity contribution < 1.29 is 17.7 Å². The van der Waals surface area contributed by atoms with Gasteiger partial charge in [-0.2, -0.15) is 0 Å². The second-order valence-corrected chi connectivity index (χ2v) is 8.88. The van der Waals surface area contributed by atoms with Crippen molar-refractivity contribution in [2.24, 2.45) is 0 Å². The van der Waals surface area contributed by atoms with Gasteiger partial charge in [-0.1, -0.05) is 24.2 Å². The molecule has 0 unspecified atom stereocenters. The maximum absolute atomic E-state index is 12.9. The monoisotopic (exact) mass is 413 g/mol. The number of nitrogens with zero attached hydrogens (tertiary/aromatic N) is 2. The van der Waals surface area contributed by atoms with Crippen LogP contribution < -0.4 is 4.72 Å². The summed E-state index contributed by atoms with van der Waals surface area (Å²) in [4.78, 5) is 14.6. The van der Waals surface area contributed by atoms with Gasteiger partial charge in [0.1, 0.15) is 0 Å². The van der Waals surface area contributed by atoms with Crippen LogP contribution in [0.5, 0.6) is 0 Å². The van der Waals surface area contributed by atoms with Crippen LogP contribution in [0.15, 0.2) is 51.9 Å². The summed E-state index contributed by atoms with van der Waals surface area (Å²) >= 11 is 0. The average molecular weight is 413 g/mol. The Balaban J connectivity index is 1.66. The molecule has 0 radical (unpaired) electrons. The molecule has 2 aromatic carbocycles. The normalized spacial score (nSPS) is 14.9. The summed E-state index contributed by atoms with van der Waals surface area (Å²) in [5.74, 6) is -0.221. The van der Waals surface area contributed by atoms with Crippen molar-refractivity contribution in [3.63, 3.8) is 0 Å². The maximum atomic E-state index is 12.9. The Bertz CT molecular complexity index is 1150. The first-order valence-electron chi connectivity index (χ1n) is 9.78. The highest BCUT2D eigenvalue weighted by Crippen LogP contribution is 2.26. The SMILES string of the molecule is CCc1cccc(NS(=O)(=O)c2ccc3onc(C(=O)N4CCCCC4)c3c2)c1. The number of nitrogens with one attached hydrogen (secondary N) is 1. The Morgan fingerprint density at radius 2 is 1.93 bits per heavy atom. The van der Waals surface area contributed by atoms with Gasteiger partial charge in [0, 0.05) is 18.8 Å². The van der Waals surface area contributed by atoms with Crippen molar-refractivity contribution in [3.8, 4) is 0 Å². The van der Waals surface area contributed by atoms with E-state index in [9.17, 15) is 13.2 Å². The Hall–Kier alpha value is -2.87. The third-order valence-electron chi connectivity index (χ3n) is 5.19. The van der Waals surface area contributed by atoms with Crippen LogP contribution in [0.1, 0.15) is 42.2 Å². The van der Waals surface area contributed by atoms with Gasteiger partial charge in [0.25, 0.3) is 15.9 Å². The molecule has 0 aliphatic carbocycles. The molecule has 1 N–H and O–H groups in total. The molecule has 29 heavy (non-hydrogen) atoms. The fourth-order valence-electron chi connectivity index (χ4n) is 3.55. The van der Waals surface area contributed by atoms with E-state index in [0.717, 1.165) is 31.2 Å². The quantitative estimate of drug-likeness (QED) is 0.686.